The van der Waals surface area contributed by atoms with Crippen molar-refractivity contribution in [1.82, 2.24) is 0 Å². The van der Waals surface area contributed by atoms with Gasteiger partial charge in [-0.3, -0.25) is 4.79 Å². The molecule has 1 aromatic rings. The quantitative estimate of drug-likeness (QED) is 0.373. The molecular weight excluding hydrogens is 270 g/mol. The van der Waals surface area contributed by atoms with E-state index in [1.807, 2.05) is 0 Å². The third-order valence-corrected chi connectivity index (χ3v) is 1.24. The fourth-order valence-electron chi connectivity index (χ4n) is 0.702. The summed E-state index contributed by atoms with van der Waals surface area (Å²) in [7, 11) is 0. The molecule has 0 aliphatic heterocycles. The smallest absolute Gasteiger partial charge is 1.00 e. The van der Waals surface area contributed by atoms with Gasteiger partial charge in [-0.2, -0.15) is 43.5 Å². The summed E-state index contributed by atoms with van der Waals surface area (Å²) < 4.78 is 35.3. The second-order valence-corrected chi connectivity index (χ2v) is 2.12. The maximum atomic E-state index is 11.8. The Hall–Kier alpha value is -0.407. The zero-order chi connectivity index (χ0) is 9.19. The number of halogens is 4. The minimum atomic E-state index is -4.79. The Morgan fingerprint density at radius 2 is 1.64 bits per heavy atom. The van der Waals surface area contributed by atoms with Gasteiger partial charge in [-0.15, -0.1) is 0 Å². The number of hydrogen-bond acceptors (Lipinski definition) is 1. The van der Waals surface area contributed by atoms with E-state index in [1.54, 1.807) is 0 Å². The van der Waals surface area contributed by atoms with Crippen molar-refractivity contribution in [3.8, 4) is 0 Å². The van der Waals surface area contributed by atoms with E-state index in [0.717, 1.165) is 12.1 Å². The van der Waals surface area contributed by atoms with Gasteiger partial charge in [0.05, 0.1) is 0 Å². The van der Waals surface area contributed by atoms with E-state index in [2.05, 4.69) is 6.07 Å². The van der Waals surface area contributed by atoms with Crippen LogP contribution in [-0.2, 0) is 19.5 Å². The number of alkyl halides is 3. The van der Waals surface area contributed by atoms with Crippen LogP contribution in [0.2, 0.25) is 0 Å². The van der Waals surface area contributed by atoms with Crippen molar-refractivity contribution in [3.63, 3.8) is 0 Å². The number of Topliss-reactive ketones (excluding diaryl/α,β-unsaturated/α-hetero) is 1. The molecule has 0 aromatic heterocycles. The maximum absolute atomic E-state index is 11.8. The topological polar surface area (TPSA) is 17.1 Å². The Morgan fingerprint density at radius 1 is 1.21 bits per heavy atom. The summed E-state index contributed by atoms with van der Waals surface area (Å²) in [5.74, 6) is -1.82. The van der Waals surface area contributed by atoms with E-state index < -0.39 is 12.0 Å². The van der Waals surface area contributed by atoms with Crippen molar-refractivity contribution < 1.29 is 49.9 Å². The monoisotopic (exact) mass is 272 g/mol. The van der Waals surface area contributed by atoms with Gasteiger partial charge in [0.25, 0.3) is 0 Å². The molecule has 0 unspecified atom stereocenters. The molecule has 0 amide bonds. The summed E-state index contributed by atoms with van der Waals surface area (Å²) in [5, 5.41) is 0. The van der Waals surface area contributed by atoms with Gasteiger partial charge in [0.2, 0.25) is 5.78 Å². The van der Waals surface area contributed by atoms with Crippen molar-refractivity contribution >= 4 is 5.78 Å². The molecule has 1 rings (SSSR count). The van der Waals surface area contributed by atoms with Gasteiger partial charge >= 0.3 is 25.7 Å². The molecule has 0 heterocycles. The largest absolute Gasteiger partial charge is 2.00 e. The van der Waals surface area contributed by atoms with E-state index in [-0.39, 0.29) is 37.4 Å². The predicted molar refractivity (Wildman–Crippen MR) is 35.7 cm³/mol. The summed E-state index contributed by atoms with van der Waals surface area (Å²) >= 11 is 0. The van der Waals surface area contributed by atoms with Gasteiger partial charge < -0.3 is 12.4 Å². The van der Waals surface area contributed by atoms with Crippen LogP contribution in [0, 0.1) is 6.07 Å². The molecule has 0 aliphatic rings. The first kappa shape index (κ1) is 16.0. The van der Waals surface area contributed by atoms with E-state index in [9.17, 15) is 18.0 Å². The zero-order valence-electron chi connectivity index (χ0n) is 6.94. The van der Waals surface area contributed by atoms with Crippen molar-refractivity contribution in [2.24, 2.45) is 0 Å². The number of carbonyl (C=O) groups is 1. The molecule has 0 radical (unpaired) electrons. The number of rotatable bonds is 1. The Morgan fingerprint density at radius 3 is 2.00 bits per heavy atom. The van der Waals surface area contributed by atoms with Crippen LogP contribution in [0.4, 0.5) is 13.2 Å². The van der Waals surface area contributed by atoms with Gasteiger partial charge in [0.1, 0.15) is 0 Å². The van der Waals surface area contributed by atoms with Crippen LogP contribution in [0.1, 0.15) is 10.4 Å². The van der Waals surface area contributed by atoms with Crippen LogP contribution in [-0.4, -0.2) is 12.0 Å². The molecule has 0 atom stereocenters. The standard InChI is InChI=1S/C8H4F3O.ClH.Zn/c9-8(10,11)7(12)6-4-2-1-3-5-6;;/h2-5H;1H;/q-1;;+2/p-1. The van der Waals surface area contributed by atoms with Crippen LogP contribution >= 0.6 is 0 Å². The Bertz CT molecular complexity index is 286. The first-order valence-corrected chi connectivity index (χ1v) is 3.09. The average molecular weight is 274 g/mol. The summed E-state index contributed by atoms with van der Waals surface area (Å²) in [5.41, 5.74) is -0.360. The van der Waals surface area contributed by atoms with Crippen LogP contribution in [0.5, 0.6) is 0 Å². The zero-order valence-corrected chi connectivity index (χ0v) is 10.7. The summed E-state index contributed by atoms with van der Waals surface area (Å²) in [6.45, 7) is 0. The molecule has 0 aliphatic carbocycles. The van der Waals surface area contributed by atoms with Crippen LogP contribution in [0.3, 0.4) is 0 Å². The molecule has 0 saturated heterocycles. The van der Waals surface area contributed by atoms with Crippen molar-refractivity contribution in [1.29, 1.82) is 0 Å². The molecule has 14 heavy (non-hydrogen) atoms. The molecule has 6 heteroatoms. The third kappa shape index (κ3) is 4.20. The van der Waals surface area contributed by atoms with E-state index in [1.165, 1.54) is 12.1 Å². The molecule has 0 spiro atoms. The van der Waals surface area contributed by atoms with Gasteiger partial charge in [-0.05, 0) is 0 Å². The van der Waals surface area contributed by atoms with E-state index in [0.29, 0.717) is 0 Å². The second kappa shape index (κ2) is 6.15. The van der Waals surface area contributed by atoms with Gasteiger partial charge in [0.15, 0.2) is 0 Å². The Labute approximate surface area is 97.9 Å². The molecule has 0 N–H and O–H groups in total. The van der Waals surface area contributed by atoms with Crippen molar-refractivity contribution in [2.75, 3.05) is 0 Å². The maximum Gasteiger partial charge on any atom is 2.00 e. The van der Waals surface area contributed by atoms with Crippen LogP contribution in [0.15, 0.2) is 24.3 Å². The molecule has 0 fully saturated rings. The molecule has 0 bridgehead atoms. The second-order valence-electron chi connectivity index (χ2n) is 2.12. The Kier molecular flexibility index (Phi) is 7.04. The minimum Gasteiger partial charge on any atom is -1.00 e. The number of hydrogen-bond donors (Lipinski definition) is 0. The van der Waals surface area contributed by atoms with Crippen LogP contribution in [0.25, 0.3) is 0 Å². The van der Waals surface area contributed by atoms with E-state index in [4.69, 9.17) is 0 Å². The average Bonchev–Trinajstić information content (AvgIpc) is 2.03. The number of ketones is 1. The van der Waals surface area contributed by atoms with Gasteiger partial charge in [0, 0.05) is 0 Å². The number of benzene rings is 1. The normalized spacial score (nSPS) is 9.64. The van der Waals surface area contributed by atoms with Gasteiger partial charge in [-0.25, -0.2) is 0 Å². The Balaban J connectivity index is 0. The fourth-order valence-corrected chi connectivity index (χ4v) is 0.702. The molecule has 1 nitrogen and oxygen atoms in total. The van der Waals surface area contributed by atoms with Crippen molar-refractivity contribution in [3.05, 3.63) is 35.9 Å². The first-order valence-electron chi connectivity index (χ1n) is 3.09. The minimum absolute atomic E-state index is 0. The van der Waals surface area contributed by atoms with E-state index >= 15 is 0 Å². The number of carbonyl (C=O) groups excluding carboxylic acids is 1. The summed E-state index contributed by atoms with van der Waals surface area (Å²) in [6.07, 6.45) is -4.79. The molecule has 1 aromatic carbocycles. The summed E-state index contributed by atoms with van der Waals surface area (Å²) in [6, 6.07) is 7.20. The van der Waals surface area contributed by atoms with Crippen molar-refractivity contribution in [2.45, 2.75) is 6.18 Å². The molecule has 0 saturated carbocycles. The van der Waals surface area contributed by atoms with Crippen LogP contribution < -0.4 is 12.4 Å². The molecule has 72 valence electrons. The fraction of sp³-hybridized carbons (Fsp3) is 0.125. The van der Waals surface area contributed by atoms with Gasteiger partial charge in [-0.1, -0.05) is 5.56 Å². The summed E-state index contributed by atoms with van der Waals surface area (Å²) in [4.78, 5) is 10.5. The SMILES string of the molecule is O=C(c1cc[c-]cc1)C(F)(F)F.[Cl-].[Zn+2]. The third-order valence-electron chi connectivity index (χ3n) is 1.24. The predicted octanol–water partition coefficient (Wildman–Crippen LogP) is -0.767. The molecular formula is C8H4ClF3OZn. The first-order chi connectivity index (χ1) is 5.52.